The molecule has 2 amide bonds. The molecular weight excluding hydrogens is 348 g/mol. The van der Waals surface area contributed by atoms with Crippen molar-refractivity contribution in [2.75, 3.05) is 5.32 Å². The summed E-state index contributed by atoms with van der Waals surface area (Å²) >= 11 is 1.50. The zero-order valence-corrected chi connectivity index (χ0v) is 14.4. The molecule has 128 valence electrons. The van der Waals surface area contributed by atoms with Gasteiger partial charge in [-0.2, -0.15) is 0 Å². The lowest BCUT2D eigenvalue weighted by Crippen LogP contribution is -2.24. The molecule has 0 saturated heterocycles. The third-order valence-electron chi connectivity index (χ3n) is 3.87. The number of anilines is 1. The Morgan fingerprint density at radius 1 is 1.04 bits per heavy atom. The Morgan fingerprint density at radius 3 is 2.69 bits per heavy atom. The first kappa shape index (κ1) is 16.3. The number of amides is 2. The van der Waals surface area contributed by atoms with Gasteiger partial charge in [-0.05, 0) is 36.4 Å². The number of nitrogens with zero attached hydrogens (tertiary/aromatic N) is 2. The minimum atomic E-state index is -0.249. The Hall–Kier alpha value is -3.19. The minimum Gasteiger partial charge on any atom is -0.345 e. The molecule has 2 N–H and O–H groups in total. The fourth-order valence-electron chi connectivity index (χ4n) is 2.59. The molecule has 0 atom stereocenters. The molecule has 0 aliphatic carbocycles. The first-order valence-electron chi connectivity index (χ1n) is 7.97. The molecule has 6 nitrogen and oxygen atoms in total. The number of fused-ring (bicyclic) bond motifs is 2. The van der Waals surface area contributed by atoms with Crippen LogP contribution in [0, 0.1) is 0 Å². The summed E-state index contributed by atoms with van der Waals surface area (Å²) in [5, 5.41) is 5.67. The average Bonchev–Trinajstić information content (AvgIpc) is 2.82. The van der Waals surface area contributed by atoms with Crippen molar-refractivity contribution in [1.82, 2.24) is 15.3 Å². The van der Waals surface area contributed by atoms with Crippen molar-refractivity contribution in [3.63, 3.8) is 0 Å². The maximum absolute atomic E-state index is 12.4. The number of benzene rings is 2. The van der Waals surface area contributed by atoms with Crippen molar-refractivity contribution >= 4 is 29.3 Å². The normalized spacial score (nSPS) is 12.4. The van der Waals surface area contributed by atoms with Gasteiger partial charge >= 0.3 is 0 Å². The molecule has 0 saturated carbocycles. The summed E-state index contributed by atoms with van der Waals surface area (Å²) < 4.78 is 0. The standard InChI is InChI=1S/C19H14N4O2S/c24-18(22-11-17-20-8-3-9-21-17)12-6-7-16-14(10-12)23-19(25)13-4-1-2-5-15(13)26-16/h1-10H,11H2,(H,22,24)(H,23,25). The molecule has 7 heteroatoms. The summed E-state index contributed by atoms with van der Waals surface area (Å²) in [5.74, 6) is 0.110. The second-order valence-corrected chi connectivity index (χ2v) is 6.69. The van der Waals surface area contributed by atoms with Gasteiger partial charge in [0.2, 0.25) is 0 Å². The van der Waals surface area contributed by atoms with E-state index in [1.54, 1.807) is 36.7 Å². The predicted molar refractivity (Wildman–Crippen MR) is 98.2 cm³/mol. The van der Waals surface area contributed by atoms with Gasteiger partial charge in [0.1, 0.15) is 5.82 Å². The van der Waals surface area contributed by atoms with E-state index in [0.29, 0.717) is 22.6 Å². The van der Waals surface area contributed by atoms with Gasteiger partial charge in [0.15, 0.2) is 0 Å². The SMILES string of the molecule is O=C(NCc1ncccn1)c1ccc2c(c1)NC(=O)c1ccccc1S2. The van der Waals surface area contributed by atoms with Crippen LogP contribution in [0.15, 0.2) is 70.7 Å². The molecule has 1 aliphatic rings. The highest BCUT2D eigenvalue weighted by atomic mass is 32.2. The zero-order chi connectivity index (χ0) is 17.9. The number of carbonyl (C=O) groups is 2. The minimum absolute atomic E-state index is 0.179. The van der Waals surface area contributed by atoms with E-state index in [-0.39, 0.29) is 18.4 Å². The van der Waals surface area contributed by atoms with Crippen LogP contribution in [0.2, 0.25) is 0 Å². The molecule has 0 fully saturated rings. The van der Waals surface area contributed by atoms with Crippen LogP contribution in [-0.4, -0.2) is 21.8 Å². The van der Waals surface area contributed by atoms with Crippen LogP contribution in [0.4, 0.5) is 5.69 Å². The summed E-state index contributed by atoms with van der Waals surface area (Å²) in [6.45, 7) is 0.239. The molecule has 26 heavy (non-hydrogen) atoms. The summed E-state index contributed by atoms with van der Waals surface area (Å²) in [5.41, 5.74) is 1.72. The van der Waals surface area contributed by atoms with E-state index in [0.717, 1.165) is 9.79 Å². The van der Waals surface area contributed by atoms with Gasteiger partial charge in [0.25, 0.3) is 11.8 Å². The molecule has 0 radical (unpaired) electrons. The van der Waals surface area contributed by atoms with Crippen LogP contribution in [0.1, 0.15) is 26.5 Å². The van der Waals surface area contributed by atoms with Crippen LogP contribution in [0.25, 0.3) is 0 Å². The molecule has 0 spiro atoms. The zero-order valence-electron chi connectivity index (χ0n) is 13.6. The van der Waals surface area contributed by atoms with Gasteiger partial charge in [-0.3, -0.25) is 9.59 Å². The van der Waals surface area contributed by atoms with Crippen molar-refractivity contribution in [3.8, 4) is 0 Å². The third kappa shape index (κ3) is 3.29. The van der Waals surface area contributed by atoms with Crippen molar-refractivity contribution in [2.24, 2.45) is 0 Å². The third-order valence-corrected chi connectivity index (χ3v) is 5.02. The van der Waals surface area contributed by atoms with Gasteiger partial charge in [-0.25, -0.2) is 9.97 Å². The number of nitrogens with one attached hydrogen (secondary N) is 2. The predicted octanol–water partition coefficient (Wildman–Crippen LogP) is 3.12. The van der Waals surface area contributed by atoms with Gasteiger partial charge in [-0.15, -0.1) is 0 Å². The van der Waals surface area contributed by atoms with Gasteiger partial charge in [0.05, 0.1) is 17.8 Å². The summed E-state index contributed by atoms with van der Waals surface area (Å²) in [6.07, 6.45) is 3.25. The second kappa shape index (κ2) is 6.97. The fourth-order valence-corrected chi connectivity index (χ4v) is 3.60. The number of aromatic nitrogens is 2. The molecule has 2 heterocycles. The fraction of sp³-hybridized carbons (Fsp3) is 0.0526. The molecule has 3 aromatic rings. The summed E-state index contributed by atoms with van der Waals surface area (Å²) in [6, 6.07) is 14.4. The summed E-state index contributed by atoms with van der Waals surface area (Å²) in [7, 11) is 0. The van der Waals surface area contributed by atoms with E-state index in [9.17, 15) is 9.59 Å². The van der Waals surface area contributed by atoms with Gasteiger partial charge in [-0.1, -0.05) is 23.9 Å². The van der Waals surface area contributed by atoms with Crippen LogP contribution in [0.3, 0.4) is 0 Å². The molecule has 0 unspecified atom stereocenters. The molecule has 1 aliphatic heterocycles. The lowest BCUT2D eigenvalue weighted by Gasteiger charge is -2.09. The highest BCUT2D eigenvalue weighted by Gasteiger charge is 2.20. The lowest BCUT2D eigenvalue weighted by molar-refractivity contribution is 0.0948. The van der Waals surface area contributed by atoms with Crippen LogP contribution < -0.4 is 10.6 Å². The van der Waals surface area contributed by atoms with Crippen molar-refractivity contribution < 1.29 is 9.59 Å². The number of hydrogen-bond donors (Lipinski definition) is 2. The Kier molecular flexibility index (Phi) is 4.37. The van der Waals surface area contributed by atoms with Crippen LogP contribution in [0.5, 0.6) is 0 Å². The Balaban J connectivity index is 1.55. The molecule has 0 bridgehead atoms. The van der Waals surface area contributed by atoms with Crippen LogP contribution in [-0.2, 0) is 6.54 Å². The van der Waals surface area contributed by atoms with Gasteiger partial charge < -0.3 is 10.6 Å². The molecule has 4 rings (SSSR count). The highest BCUT2D eigenvalue weighted by Crippen LogP contribution is 2.38. The van der Waals surface area contributed by atoms with E-state index in [4.69, 9.17) is 0 Å². The number of hydrogen-bond acceptors (Lipinski definition) is 5. The second-order valence-electron chi connectivity index (χ2n) is 5.61. The lowest BCUT2D eigenvalue weighted by atomic mass is 10.1. The average molecular weight is 362 g/mol. The Labute approximate surface area is 154 Å². The molecule has 1 aromatic heterocycles. The van der Waals surface area contributed by atoms with E-state index < -0.39 is 0 Å². The first-order chi connectivity index (χ1) is 12.7. The largest absolute Gasteiger partial charge is 0.345 e. The van der Waals surface area contributed by atoms with Crippen molar-refractivity contribution in [2.45, 2.75) is 16.3 Å². The van der Waals surface area contributed by atoms with Gasteiger partial charge in [0, 0.05) is 27.7 Å². The van der Waals surface area contributed by atoms with Crippen molar-refractivity contribution in [3.05, 3.63) is 77.9 Å². The monoisotopic (exact) mass is 362 g/mol. The molecular formula is C19H14N4O2S. The molecule has 2 aromatic carbocycles. The maximum atomic E-state index is 12.4. The summed E-state index contributed by atoms with van der Waals surface area (Å²) in [4.78, 5) is 34.8. The Morgan fingerprint density at radius 2 is 1.85 bits per heavy atom. The number of rotatable bonds is 3. The number of carbonyl (C=O) groups excluding carboxylic acids is 2. The van der Waals surface area contributed by atoms with Crippen molar-refractivity contribution in [1.29, 1.82) is 0 Å². The van der Waals surface area contributed by atoms with E-state index in [1.165, 1.54) is 11.8 Å². The van der Waals surface area contributed by atoms with E-state index in [1.807, 2.05) is 24.3 Å². The smallest absolute Gasteiger partial charge is 0.256 e. The topological polar surface area (TPSA) is 84.0 Å². The quantitative estimate of drug-likeness (QED) is 0.748. The first-order valence-corrected chi connectivity index (χ1v) is 8.79. The van der Waals surface area contributed by atoms with E-state index >= 15 is 0 Å². The van der Waals surface area contributed by atoms with Crippen LogP contribution >= 0.6 is 11.8 Å². The maximum Gasteiger partial charge on any atom is 0.256 e. The highest BCUT2D eigenvalue weighted by molar-refractivity contribution is 7.99. The Bertz CT molecular complexity index is 992. The van der Waals surface area contributed by atoms with E-state index in [2.05, 4.69) is 20.6 Å².